The Morgan fingerprint density at radius 3 is 2.78 bits per heavy atom. The summed E-state index contributed by atoms with van der Waals surface area (Å²) in [6, 6.07) is -0.863. The van der Waals surface area contributed by atoms with Crippen LogP contribution in [-0.2, 0) is 4.79 Å². The Morgan fingerprint density at radius 1 is 1.89 bits per heavy atom. The predicted molar refractivity (Wildman–Crippen MR) is 38.3 cm³/mol. The zero-order chi connectivity index (χ0) is 7.28. The van der Waals surface area contributed by atoms with E-state index in [4.69, 9.17) is 10.8 Å². The first-order chi connectivity index (χ1) is 4.18. The van der Waals surface area contributed by atoms with Crippen LogP contribution in [0.5, 0.6) is 0 Å². The Balaban J connectivity index is 3.62. The lowest BCUT2D eigenvalue weighted by atomic mass is 10.3. The SMILES string of the molecule is CS/C=C\C(N)C(=O)O. The number of nitrogens with two attached hydrogens (primary N) is 1. The topological polar surface area (TPSA) is 63.3 Å². The Labute approximate surface area is 57.9 Å². The van der Waals surface area contributed by atoms with Gasteiger partial charge in [0.1, 0.15) is 6.04 Å². The minimum Gasteiger partial charge on any atom is -0.480 e. The van der Waals surface area contributed by atoms with Crippen molar-refractivity contribution in [3.63, 3.8) is 0 Å². The zero-order valence-electron chi connectivity index (χ0n) is 5.07. The van der Waals surface area contributed by atoms with Crippen LogP contribution in [0.15, 0.2) is 11.5 Å². The maximum atomic E-state index is 10.0. The average molecular weight is 147 g/mol. The third-order valence-corrected chi connectivity index (χ3v) is 1.14. The second-order valence-corrected chi connectivity index (χ2v) is 2.17. The molecule has 0 aliphatic heterocycles. The molecule has 0 spiro atoms. The lowest BCUT2D eigenvalue weighted by Crippen LogP contribution is -2.27. The molecule has 0 aromatic rings. The summed E-state index contributed by atoms with van der Waals surface area (Å²) in [5.74, 6) is -1.000. The summed E-state index contributed by atoms with van der Waals surface area (Å²) in [5, 5.41) is 9.87. The maximum Gasteiger partial charge on any atom is 0.324 e. The van der Waals surface area contributed by atoms with Crippen molar-refractivity contribution < 1.29 is 9.90 Å². The Hall–Kier alpha value is -0.480. The van der Waals surface area contributed by atoms with Crippen LogP contribution < -0.4 is 5.73 Å². The molecular weight excluding hydrogens is 138 g/mol. The Kier molecular flexibility index (Phi) is 4.17. The van der Waals surface area contributed by atoms with Gasteiger partial charge in [-0.15, -0.1) is 11.8 Å². The van der Waals surface area contributed by atoms with Crippen LogP contribution in [0, 0.1) is 0 Å². The van der Waals surface area contributed by atoms with Crippen molar-refractivity contribution in [3.8, 4) is 0 Å². The van der Waals surface area contributed by atoms with Crippen molar-refractivity contribution in [3.05, 3.63) is 11.5 Å². The molecule has 4 heteroatoms. The van der Waals surface area contributed by atoms with E-state index in [-0.39, 0.29) is 0 Å². The third-order valence-electron chi connectivity index (χ3n) is 0.707. The van der Waals surface area contributed by atoms with E-state index in [9.17, 15) is 4.79 Å². The van der Waals surface area contributed by atoms with Gasteiger partial charge in [-0.2, -0.15) is 0 Å². The minimum absolute atomic E-state index is 0.863. The molecule has 0 aliphatic carbocycles. The minimum atomic E-state index is -1.000. The van der Waals surface area contributed by atoms with Crippen molar-refractivity contribution in [2.24, 2.45) is 5.73 Å². The van der Waals surface area contributed by atoms with Crippen molar-refractivity contribution in [2.45, 2.75) is 6.04 Å². The first kappa shape index (κ1) is 8.52. The molecule has 0 aromatic carbocycles. The summed E-state index contributed by atoms with van der Waals surface area (Å²) in [6.07, 6.45) is 3.28. The van der Waals surface area contributed by atoms with E-state index in [1.54, 1.807) is 5.41 Å². The summed E-state index contributed by atoms with van der Waals surface area (Å²) in [7, 11) is 0. The lowest BCUT2D eigenvalue weighted by Gasteiger charge is -1.95. The normalized spacial score (nSPS) is 14.0. The summed E-state index contributed by atoms with van der Waals surface area (Å²) in [6.45, 7) is 0. The highest BCUT2D eigenvalue weighted by Gasteiger charge is 2.04. The molecule has 0 aliphatic rings. The summed E-state index contributed by atoms with van der Waals surface area (Å²) >= 11 is 1.42. The molecule has 9 heavy (non-hydrogen) atoms. The van der Waals surface area contributed by atoms with Gasteiger partial charge >= 0.3 is 5.97 Å². The fourth-order valence-electron chi connectivity index (χ4n) is 0.246. The van der Waals surface area contributed by atoms with Crippen molar-refractivity contribution in [1.29, 1.82) is 0 Å². The molecule has 3 N–H and O–H groups in total. The molecule has 1 unspecified atom stereocenters. The van der Waals surface area contributed by atoms with Gasteiger partial charge in [-0.25, -0.2) is 0 Å². The van der Waals surface area contributed by atoms with Crippen LogP contribution in [-0.4, -0.2) is 23.4 Å². The average Bonchev–Trinajstić information content (AvgIpc) is 1.82. The molecule has 0 saturated carbocycles. The van der Waals surface area contributed by atoms with Crippen LogP contribution in [0.3, 0.4) is 0 Å². The fraction of sp³-hybridized carbons (Fsp3) is 0.400. The molecule has 0 bridgehead atoms. The molecule has 52 valence electrons. The van der Waals surface area contributed by atoms with Gasteiger partial charge in [0.2, 0.25) is 0 Å². The van der Waals surface area contributed by atoms with E-state index in [0.29, 0.717) is 0 Å². The van der Waals surface area contributed by atoms with Gasteiger partial charge in [0.05, 0.1) is 0 Å². The second kappa shape index (κ2) is 4.40. The van der Waals surface area contributed by atoms with Crippen molar-refractivity contribution in [2.75, 3.05) is 6.26 Å². The Morgan fingerprint density at radius 2 is 2.44 bits per heavy atom. The molecule has 0 fully saturated rings. The van der Waals surface area contributed by atoms with E-state index in [1.165, 1.54) is 17.8 Å². The number of hydrogen-bond acceptors (Lipinski definition) is 3. The van der Waals surface area contributed by atoms with Gasteiger partial charge in [-0.05, 0) is 11.7 Å². The van der Waals surface area contributed by atoms with Crippen LogP contribution in [0.25, 0.3) is 0 Å². The van der Waals surface area contributed by atoms with Gasteiger partial charge in [0, 0.05) is 0 Å². The van der Waals surface area contributed by atoms with Gasteiger partial charge < -0.3 is 10.8 Å². The zero-order valence-corrected chi connectivity index (χ0v) is 5.89. The third kappa shape index (κ3) is 4.05. The number of hydrogen-bond donors (Lipinski definition) is 2. The van der Waals surface area contributed by atoms with E-state index >= 15 is 0 Å². The highest BCUT2D eigenvalue weighted by molar-refractivity contribution is 8.01. The number of carbonyl (C=O) groups is 1. The molecule has 0 rings (SSSR count). The predicted octanol–water partition coefficient (Wildman–Crippen LogP) is 0.275. The van der Waals surface area contributed by atoms with Crippen LogP contribution >= 0.6 is 11.8 Å². The molecule has 0 amide bonds. The van der Waals surface area contributed by atoms with Crippen LogP contribution in [0.2, 0.25) is 0 Å². The summed E-state index contributed by atoms with van der Waals surface area (Å²) in [5.41, 5.74) is 5.10. The molecule has 0 radical (unpaired) electrons. The van der Waals surface area contributed by atoms with E-state index in [1.807, 2.05) is 6.26 Å². The van der Waals surface area contributed by atoms with Gasteiger partial charge in [0.25, 0.3) is 0 Å². The summed E-state index contributed by atoms with van der Waals surface area (Å²) < 4.78 is 0. The monoisotopic (exact) mass is 147 g/mol. The fourth-order valence-corrected chi connectivity index (χ4v) is 0.572. The lowest BCUT2D eigenvalue weighted by molar-refractivity contribution is -0.137. The second-order valence-electron chi connectivity index (χ2n) is 1.43. The molecule has 0 aromatic heterocycles. The number of carboxylic acid groups (broad SMARTS) is 1. The molecule has 3 nitrogen and oxygen atoms in total. The first-order valence-electron chi connectivity index (χ1n) is 2.36. The number of aliphatic carboxylic acids is 1. The highest BCUT2D eigenvalue weighted by atomic mass is 32.2. The number of thioether (sulfide) groups is 1. The first-order valence-corrected chi connectivity index (χ1v) is 3.65. The molecule has 0 heterocycles. The van der Waals surface area contributed by atoms with Crippen molar-refractivity contribution in [1.82, 2.24) is 0 Å². The molecular formula is C5H9NO2S. The summed E-state index contributed by atoms with van der Waals surface area (Å²) in [4.78, 5) is 10.0. The maximum absolute atomic E-state index is 10.0. The number of rotatable bonds is 3. The smallest absolute Gasteiger partial charge is 0.324 e. The molecule has 1 atom stereocenters. The largest absolute Gasteiger partial charge is 0.480 e. The van der Waals surface area contributed by atoms with Gasteiger partial charge in [0.15, 0.2) is 0 Å². The standard InChI is InChI=1S/C5H9NO2S/c1-9-3-2-4(6)5(7)8/h2-4H,6H2,1H3,(H,7,8)/b3-2-. The van der Waals surface area contributed by atoms with E-state index in [2.05, 4.69) is 0 Å². The molecule has 0 saturated heterocycles. The number of carboxylic acids is 1. The van der Waals surface area contributed by atoms with Crippen LogP contribution in [0.4, 0.5) is 0 Å². The quantitative estimate of drug-likeness (QED) is 0.601. The Bertz CT molecular complexity index is 124. The van der Waals surface area contributed by atoms with Gasteiger partial charge in [-0.1, -0.05) is 6.08 Å². The van der Waals surface area contributed by atoms with Crippen LogP contribution in [0.1, 0.15) is 0 Å². The highest BCUT2D eigenvalue weighted by Crippen LogP contribution is 1.94. The van der Waals surface area contributed by atoms with E-state index < -0.39 is 12.0 Å². The van der Waals surface area contributed by atoms with Crippen molar-refractivity contribution >= 4 is 17.7 Å². The van der Waals surface area contributed by atoms with E-state index in [0.717, 1.165) is 0 Å². The van der Waals surface area contributed by atoms with Gasteiger partial charge in [-0.3, -0.25) is 4.79 Å².